The third-order valence-corrected chi connectivity index (χ3v) is 4.95. The van der Waals surface area contributed by atoms with Crippen molar-refractivity contribution in [3.63, 3.8) is 0 Å². The van der Waals surface area contributed by atoms with Gasteiger partial charge in [-0.2, -0.15) is 4.98 Å². The SMILES string of the molecule is COc1ccc(-c2noc(CN(C)C(=O)[C@H](C)Oc3ccc4ccccc4c3)n2)cc1. The van der Waals surface area contributed by atoms with E-state index in [0.717, 1.165) is 22.1 Å². The molecule has 1 aromatic heterocycles. The second kappa shape index (κ2) is 8.87. The largest absolute Gasteiger partial charge is 0.497 e. The van der Waals surface area contributed by atoms with Crippen molar-refractivity contribution < 1.29 is 18.8 Å². The summed E-state index contributed by atoms with van der Waals surface area (Å²) in [6, 6.07) is 21.1. The molecule has 0 aliphatic heterocycles. The van der Waals surface area contributed by atoms with Gasteiger partial charge in [-0.15, -0.1) is 0 Å². The van der Waals surface area contributed by atoms with Gasteiger partial charge in [-0.05, 0) is 54.1 Å². The Morgan fingerprint density at radius 2 is 1.74 bits per heavy atom. The van der Waals surface area contributed by atoms with Gasteiger partial charge in [-0.1, -0.05) is 35.5 Å². The maximum absolute atomic E-state index is 12.8. The fraction of sp³-hybridized carbons (Fsp3) is 0.208. The van der Waals surface area contributed by atoms with Gasteiger partial charge in [0, 0.05) is 12.6 Å². The quantitative estimate of drug-likeness (QED) is 0.446. The van der Waals surface area contributed by atoms with Gasteiger partial charge in [0.15, 0.2) is 6.10 Å². The number of aromatic nitrogens is 2. The number of fused-ring (bicyclic) bond motifs is 1. The first kappa shape index (κ1) is 20.4. The highest BCUT2D eigenvalue weighted by Gasteiger charge is 2.21. The van der Waals surface area contributed by atoms with E-state index in [1.165, 1.54) is 4.90 Å². The summed E-state index contributed by atoms with van der Waals surface area (Å²) in [4.78, 5) is 18.7. The highest BCUT2D eigenvalue weighted by Crippen LogP contribution is 2.22. The molecule has 0 saturated heterocycles. The topological polar surface area (TPSA) is 77.7 Å². The van der Waals surface area contributed by atoms with Crippen LogP contribution in [0.1, 0.15) is 12.8 Å². The third kappa shape index (κ3) is 4.66. The normalized spacial score (nSPS) is 11.8. The molecule has 4 rings (SSSR count). The van der Waals surface area contributed by atoms with E-state index in [0.29, 0.717) is 17.5 Å². The van der Waals surface area contributed by atoms with Crippen molar-refractivity contribution in [2.75, 3.05) is 14.2 Å². The summed E-state index contributed by atoms with van der Waals surface area (Å²) >= 11 is 0. The highest BCUT2D eigenvalue weighted by molar-refractivity contribution is 5.84. The van der Waals surface area contributed by atoms with Crippen molar-refractivity contribution in [3.8, 4) is 22.9 Å². The Labute approximate surface area is 180 Å². The number of methoxy groups -OCH3 is 1. The van der Waals surface area contributed by atoms with Gasteiger partial charge in [0.2, 0.25) is 11.7 Å². The second-order valence-corrected chi connectivity index (χ2v) is 7.20. The minimum Gasteiger partial charge on any atom is -0.497 e. The number of benzene rings is 3. The monoisotopic (exact) mass is 417 g/mol. The Morgan fingerprint density at radius 1 is 1.03 bits per heavy atom. The van der Waals surface area contributed by atoms with E-state index in [-0.39, 0.29) is 12.5 Å². The molecule has 1 atom stereocenters. The van der Waals surface area contributed by atoms with Crippen molar-refractivity contribution in [3.05, 3.63) is 72.6 Å². The van der Waals surface area contributed by atoms with Crippen LogP contribution >= 0.6 is 0 Å². The summed E-state index contributed by atoms with van der Waals surface area (Å²) < 4.78 is 16.3. The molecule has 0 aliphatic carbocycles. The van der Waals surface area contributed by atoms with Crippen LogP contribution in [0.25, 0.3) is 22.2 Å². The van der Waals surface area contributed by atoms with Crippen molar-refractivity contribution >= 4 is 16.7 Å². The zero-order valence-electron chi connectivity index (χ0n) is 17.6. The van der Waals surface area contributed by atoms with Gasteiger partial charge in [0.1, 0.15) is 11.5 Å². The average Bonchev–Trinajstić information content (AvgIpc) is 3.26. The maximum Gasteiger partial charge on any atom is 0.263 e. The average molecular weight is 417 g/mol. The first-order valence-electron chi connectivity index (χ1n) is 9.91. The van der Waals surface area contributed by atoms with E-state index in [1.807, 2.05) is 66.7 Å². The fourth-order valence-corrected chi connectivity index (χ4v) is 3.26. The summed E-state index contributed by atoms with van der Waals surface area (Å²) in [5.41, 5.74) is 0.804. The molecule has 0 N–H and O–H groups in total. The number of rotatable bonds is 7. The van der Waals surface area contributed by atoms with Gasteiger partial charge in [0.25, 0.3) is 5.91 Å². The van der Waals surface area contributed by atoms with Crippen LogP contribution in [0.15, 0.2) is 71.3 Å². The minimum absolute atomic E-state index is 0.183. The molecule has 0 spiro atoms. The fourth-order valence-electron chi connectivity index (χ4n) is 3.26. The van der Waals surface area contributed by atoms with Crippen LogP contribution in [0, 0.1) is 0 Å². The summed E-state index contributed by atoms with van der Waals surface area (Å²) in [7, 11) is 3.29. The molecule has 0 fully saturated rings. The molecule has 1 amide bonds. The predicted octanol–water partition coefficient (Wildman–Crippen LogP) is 4.32. The number of carbonyl (C=O) groups is 1. The Balaban J connectivity index is 1.38. The van der Waals surface area contributed by atoms with Crippen molar-refractivity contribution in [2.45, 2.75) is 19.6 Å². The van der Waals surface area contributed by atoms with E-state index in [2.05, 4.69) is 10.1 Å². The summed E-state index contributed by atoms with van der Waals surface area (Å²) in [5.74, 6) is 2.02. The second-order valence-electron chi connectivity index (χ2n) is 7.20. The Morgan fingerprint density at radius 3 is 2.48 bits per heavy atom. The molecule has 0 saturated carbocycles. The van der Waals surface area contributed by atoms with Gasteiger partial charge in [-0.25, -0.2) is 0 Å². The molecular formula is C24H23N3O4. The first-order chi connectivity index (χ1) is 15.0. The zero-order valence-corrected chi connectivity index (χ0v) is 17.6. The van der Waals surface area contributed by atoms with E-state index in [9.17, 15) is 4.79 Å². The maximum atomic E-state index is 12.8. The van der Waals surface area contributed by atoms with Crippen molar-refractivity contribution in [2.24, 2.45) is 0 Å². The van der Waals surface area contributed by atoms with Crippen LogP contribution < -0.4 is 9.47 Å². The number of hydrogen-bond acceptors (Lipinski definition) is 6. The summed E-state index contributed by atoms with van der Waals surface area (Å²) in [6.45, 7) is 1.91. The molecule has 158 valence electrons. The van der Waals surface area contributed by atoms with Crippen LogP contribution in [0.3, 0.4) is 0 Å². The van der Waals surface area contributed by atoms with Gasteiger partial charge in [0.05, 0.1) is 13.7 Å². The molecular weight excluding hydrogens is 394 g/mol. The van der Waals surface area contributed by atoms with Crippen LogP contribution in [0.4, 0.5) is 0 Å². The molecule has 3 aromatic carbocycles. The molecule has 7 nitrogen and oxygen atoms in total. The lowest BCUT2D eigenvalue weighted by Gasteiger charge is -2.21. The molecule has 0 radical (unpaired) electrons. The predicted molar refractivity (Wildman–Crippen MR) is 117 cm³/mol. The first-order valence-corrected chi connectivity index (χ1v) is 9.91. The van der Waals surface area contributed by atoms with Crippen LogP contribution in [0.2, 0.25) is 0 Å². The van der Waals surface area contributed by atoms with E-state index in [4.69, 9.17) is 14.0 Å². The van der Waals surface area contributed by atoms with Crippen molar-refractivity contribution in [1.82, 2.24) is 15.0 Å². The van der Waals surface area contributed by atoms with E-state index >= 15 is 0 Å². The molecule has 0 unspecified atom stereocenters. The Hall–Kier alpha value is -3.87. The molecule has 4 aromatic rings. The molecule has 0 aliphatic rings. The summed E-state index contributed by atoms with van der Waals surface area (Å²) in [6.07, 6.45) is -0.657. The van der Waals surface area contributed by atoms with Gasteiger partial charge in [-0.3, -0.25) is 4.79 Å². The number of hydrogen-bond donors (Lipinski definition) is 0. The van der Waals surface area contributed by atoms with Crippen molar-refractivity contribution in [1.29, 1.82) is 0 Å². The number of carbonyl (C=O) groups excluding carboxylic acids is 1. The number of nitrogens with zero attached hydrogens (tertiary/aromatic N) is 3. The number of amides is 1. The lowest BCUT2D eigenvalue weighted by Crippen LogP contribution is -2.37. The van der Waals surface area contributed by atoms with Crippen LogP contribution in [0.5, 0.6) is 11.5 Å². The zero-order chi connectivity index (χ0) is 21.8. The number of ether oxygens (including phenoxy) is 2. The van der Waals surface area contributed by atoms with E-state index in [1.54, 1.807) is 21.1 Å². The molecule has 7 heteroatoms. The standard InChI is InChI=1S/C24H23N3O4/c1-16(30-21-13-8-17-6-4-5-7-19(17)14-21)24(28)27(2)15-22-25-23(26-31-22)18-9-11-20(29-3)12-10-18/h4-14,16H,15H2,1-3H3/t16-/m0/s1. The molecule has 0 bridgehead atoms. The summed E-state index contributed by atoms with van der Waals surface area (Å²) in [5, 5.41) is 6.18. The minimum atomic E-state index is -0.657. The highest BCUT2D eigenvalue weighted by atomic mass is 16.5. The molecule has 1 heterocycles. The van der Waals surface area contributed by atoms with Crippen LogP contribution in [-0.4, -0.2) is 41.2 Å². The lowest BCUT2D eigenvalue weighted by atomic mass is 10.1. The van der Waals surface area contributed by atoms with Gasteiger partial charge >= 0.3 is 0 Å². The third-order valence-electron chi connectivity index (χ3n) is 4.95. The van der Waals surface area contributed by atoms with Crippen LogP contribution in [-0.2, 0) is 11.3 Å². The van der Waals surface area contributed by atoms with Gasteiger partial charge < -0.3 is 18.9 Å². The smallest absolute Gasteiger partial charge is 0.263 e. The molecule has 31 heavy (non-hydrogen) atoms. The van der Waals surface area contributed by atoms with E-state index < -0.39 is 6.10 Å². The Bertz CT molecular complexity index is 1190. The number of likely N-dealkylation sites (N-methyl/N-ethyl adjacent to an activating group) is 1. The Kier molecular flexibility index (Phi) is 5.84. The lowest BCUT2D eigenvalue weighted by molar-refractivity contribution is -0.137.